The number of hydrogen-bond donors (Lipinski definition) is 1. The normalized spacial score (nSPS) is 12.6. The molecule has 0 radical (unpaired) electrons. The van der Waals surface area contributed by atoms with Crippen LogP contribution in [0.25, 0.3) is 0 Å². The molecule has 1 heterocycles. The highest BCUT2D eigenvalue weighted by Gasteiger charge is 2.20. The number of thiophene rings is 1. The Morgan fingerprint density at radius 2 is 2.11 bits per heavy atom. The summed E-state index contributed by atoms with van der Waals surface area (Å²) in [5.74, 6) is -0.253. The average Bonchev–Trinajstić information content (AvgIpc) is 2.87. The molecule has 0 amide bonds. The molecule has 0 saturated heterocycles. The van der Waals surface area contributed by atoms with Gasteiger partial charge < -0.3 is 5.32 Å². The fourth-order valence-electron chi connectivity index (χ4n) is 2.18. The van der Waals surface area contributed by atoms with E-state index in [4.69, 9.17) is 11.6 Å². The molecule has 1 atom stereocenters. The van der Waals surface area contributed by atoms with Gasteiger partial charge >= 0.3 is 0 Å². The average molecular weight is 298 g/mol. The van der Waals surface area contributed by atoms with E-state index in [0.29, 0.717) is 5.02 Å². The molecule has 1 N–H and O–H groups in total. The highest BCUT2D eigenvalue weighted by Crippen LogP contribution is 2.34. The zero-order valence-corrected chi connectivity index (χ0v) is 12.6. The van der Waals surface area contributed by atoms with Gasteiger partial charge in [-0.3, -0.25) is 0 Å². The molecular weight excluding hydrogens is 281 g/mol. The molecule has 1 unspecified atom stereocenters. The summed E-state index contributed by atoms with van der Waals surface area (Å²) >= 11 is 7.93. The van der Waals surface area contributed by atoms with Gasteiger partial charge in [0.15, 0.2) is 0 Å². The molecule has 1 aromatic carbocycles. The Hall–Kier alpha value is -0.900. The fraction of sp³-hybridized carbons (Fsp3) is 0.333. The van der Waals surface area contributed by atoms with Crippen molar-refractivity contribution in [1.82, 2.24) is 5.32 Å². The summed E-state index contributed by atoms with van der Waals surface area (Å²) < 4.78 is 13.5. The van der Waals surface area contributed by atoms with Crippen molar-refractivity contribution < 1.29 is 4.39 Å². The third kappa shape index (κ3) is 3.16. The van der Waals surface area contributed by atoms with E-state index in [-0.39, 0.29) is 11.9 Å². The molecule has 2 aromatic rings. The molecule has 102 valence electrons. The predicted octanol–water partition coefficient (Wildman–Crippen LogP) is 4.80. The van der Waals surface area contributed by atoms with Gasteiger partial charge in [0.2, 0.25) is 0 Å². The van der Waals surface area contributed by atoms with Gasteiger partial charge in [-0.2, -0.15) is 0 Å². The van der Waals surface area contributed by atoms with Crippen LogP contribution in [0.3, 0.4) is 0 Å². The first-order valence-corrected chi connectivity index (χ1v) is 7.67. The van der Waals surface area contributed by atoms with E-state index >= 15 is 0 Å². The topological polar surface area (TPSA) is 12.0 Å². The van der Waals surface area contributed by atoms with Crippen molar-refractivity contribution in [3.63, 3.8) is 0 Å². The Kier molecular flexibility index (Phi) is 4.97. The number of nitrogens with one attached hydrogen (secondary N) is 1. The van der Waals surface area contributed by atoms with Crippen LogP contribution in [-0.2, 0) is 6.42 Å². The van der Waals surface area contributed by atoms with Crippen LogP contribution in [0.4, 0.5) is 4.39 Å². The van der Waals surface area contributed by atoms with Gasteiger partial charge in [-0.05, 0) is 53.7 Å². The first-order valence-electron chi connectivity index (χ1n) is 6.42. The van der Waals surface area contributed by atoms with E-state index < -0.39 is 0 Å². The molecule has 1 nitrogen and oxygen atoms in total. The summed E-state index contributed by atoms with van der Waals surface area (Å²) in [6, 6.07) is 6.62. The predicted molar refractivity (Wildman–Crippen MR) is 80.6 cm³/mol. The number of rotatable bonds is 5. The molecule has 0 aliphatic carbocycles. The lowest BCUT2D eigenvalue weighted by atomic mass is 10.0. The minimum absolute atomic E-state index is 0.0388. The van der Waals surface area contributed by atoms with Crippen molar-refractivity contribution in [2.24, 2.45) is 0 Å². The maximum Gasteiger partial charge on any atom is 0.123 e. The molecular formula is C15H17ClFNS. The van der Waals surface area contributed by atoms with Crippen LogP contribution in [0.15, 0.2) is 29.6 Å². The maximum absolute atomic E-state index is 13.5. The third-order valence-corrected chi connectivity index (χ3v) is 4.47. The molecule has 0 aliphatic heterocycles. The third-order valence-electron chi connectivity index (χ3n) is 3.10. The smallest absolute Gasteiger partial charge is 0.123 e. The van der Waals surface area contributed by atoms with E-state index in [0.717, 1.165) is 18.5 Å². The zero-order valence-electron chi connectivity index (χ0n) is 11.0. The van der Waals surface area contributed by atoms with Crippen LogP contribution >= 0.6 is 22.9 Å². The van der Waals surface area contributed by atoms with Crippen molar-refractivity contribution in [2.75, 3.05) is 6.54 Å². The van der Waals surface area contributed by atoms with Crippen LogP contribution in [0, 0.1) is 5.82 Å². The van der Waals surface area contributed by atoms with E-state index in [9.17, 15) is 4.39 Å². The van der Waals surface area contributed by atoms with Crippen LogP contribution in [0.5, 0.6) is 0 Å². The Bertz CT molecular complexity index is 553. The highest BCUT2D eigenvalue weighted by atomic mass is 35.5. The largest absolute Gasteiger partial charge is 0.306 e. The van der Waals surface area contributed by atoms with Crippen LogP contribution in [0.1, 0.15) is 35.9 Å². The van der Waals surface area contributed by atoms with Gasteiger partial charge in [0, 0.05) is 9.90 Å². The van der Waals surface area contributed by atoms with Crippen LogP contribution < -0.4 is 5.32 Å². The number of benzene rings is 1. The molecule has 0 fully saturated rings. The van der Waals surface area contributed by atoms with Crippen LogP contribution in [-0.4, -0.2) is 6.54 Å². The minimum Gasteiger partial charge on any atom is -0.306 e. The van der Waals surface area contributed by atoms with Crippen molar-refractivity contribution in [3.05, 3.63) is 56.5 Å². The molecule has 19 heavy (non-hydrogen) atoms. The van der Waals surface area contributed by atoms with E-state index in [1.54, 1.807) is 17.4 Å². The molecule has 0 bridgehead atoms. The second-order valence-electron chi connectivity index (χ2n) is 4.32. The lowest BCUT2D eigenvalue weighted by molar-refractivity contribution is 0.605. The first kappa shape index (κ1) is 14.5. The van der Waals surface area contributed by atoms with Crippen molar-refractivity contribution in [1.29, 1.82) is 0 Å². The van der Waals surface area contributed by atoms with Crippen LogP contribution in [0.2, 0.25) is 5.02 Å². The quantitative estimate of drug-likeness (QED) is 0.836. The number of aryl methyl sites for hydroxylation is 1. The van der Waals surface area contributed by atoms with Gasteiger partial charge in [-0.15, -0.1) is 11.3 Å². The van der Waals surface area contributed by atoms with Crippen molar-refractivity contribution >= 4 is 22.9 Å². The molecule has 1 aromatic heterocycles. The number of halogens is 2. The van der Waals surface area contributed by atoms with Gasteiger partial charge in [0.1, 0.15) is 5.82 Å². The summed E-state index contributed by atoms with van der Waals surface area (Å²) in [6.45, 7) is 4.97. The lowest BCUT2D eigenvalue weighted by Gasteiger charge is -2.20. The number of hydrogen-bond acceptors (Lipinski definition) is 2. The van der Waals surface area contributed by atoms with Gasteiger partial charge in [0.25, 0.3) is 0 Å². The second kappa shape index (κ2) is 6.51. The second-order valence-corrected chi connectivity index (χ2v) is 5.68. The first-order chi connectivity index (χ1) is 9.17. The monoisotopic (exact) mass is 297 g/mol. The van der Waals surface area contributed by atoms with Crippen molar-refractivity contribution in [2.45, 2.75) is 26.3 Å². The van der Waals surface area contributed by atoms with Crippen molar-refractivity contribution in [3.8, 4) is 0 Å². The standard InChI is InChI=1S/C15H17ClFNS/c1-3-10-7-8-19-15(10)14(18-4-2)12-9-11(17)5-6-13(12)16/h5-9,14,18H,3-4H2,1-2H3. The Morgan fingerprint density at radius 3 is 2.79 bits per heavy atom. The molecule has 0 spiro atoms. The molecule has 4 heteroatoms. The summed E-state index contributed by atoms with van der Waals surface area (Å²) in [5.41, 5.74) is 2.09. The van der Waals surface area contributed by atoms with Gasteiger partial charge in [-0.25, -0.2) is 4.39 Å². The minimum atomic E-state index is -0.253. The Morgan fingerprint density at radius 1 is 1.32 bits per heavy atom. The maximum atomic E-state index is 13.5. The summed E-state index contributed by atoms with van der Waals surface area (Å²) in [4.78, 5) is 1.22. The van der Waals surface area contributed by atoms with E-state index in [2.05, 4.69) is 23.7 Å². The zero-order chi connectivity index (χ0) is 13.8. The summed E-state index contributed by atoms with van der Waals surface area (Å²) in [5, 5.41) is 6.08. The molecule has 0 saturated carbocycles. The lowest BCUT2D eigenvalue weighted by Crippen LogP contribution is -2.22. The van der Waals surface area contributed by atoms with Gasteiger partial charge in [0.05, 0.1) is 6.04 Å². The Labute approximate surface area is 122 Å². The molecule has 2 rings (SSSR count). The fourth-order valence-corrected chi connectivity index (χ4v) is 3.49. The highest BCUT2D eigenvalue weighted by molar-refractivity contribution is 7.10. The Balaban J connectivity index is 2.48. The summed E-state index contributed by atoms with van der Waals surface area (Å²) in [6.07, 6.45) is 0.966. The van der Waals surface area contributed by atoms with E-state index in [1.807, 2.05) is 6.92 Å². The van der Waals surface area contributed by atoms with Gasteiger partial charge in [-0.1, -0.05) is 25.4 Å². The SMILES string of the molecule is CCNC(c1cc(F)ccc1Cl)c1sccc1CC. The summed E-state index contributed by atoms with van der Waals surface area (Å²) in [7, 11) is 0. The van der Waals surface area contributed by atoms with E-state index in [1.165, 1.54) is 22.6 Å². The molecule has 0 aliphatic rings.